The summed E-state index contributed by atoms with van der Waals surface area (Å²) in [5.74, 6) is -1.03. The summed E-state index contributed by atoms with van der Waals surface area (Å²) in [5, 5.41) is 0. The fourth-order valence-electron chi connectivity index (χ4n) is 0.994. The molecule has 0 radical (unpaired) electrons. The second-order valence-electron chi connectivity index (χ2n) is 3.10. The van der Waals surface area contributed by atoms with Crippen molar-refractivity contribution < 1.29 is 27.7 Å². The number of benzene rings is 1. The maximum absolute atomic E-state index is 11.0. The number of hydrogen-bond donors (Lipinski definition) is 2. The van der Waals surface area contributed by atoms with Gasteiger partial charge in [-0.15, -0.1) is 0 Å². The highest BCUT2D eigenvalue weighted by Crippen LogP contribution is 2.44. The zero-order chi connectivity index (χ0) is 13.4. The van der Waals surface area contributed by atoms with E-state index in [9.17, 15) is 9.36 Å². The van der Waals surface area contributed by atoms with Gasteiger partial charge in [-0.1, -0.05) is 30.3 Å². The Kier molecular flexibility index (Phi) is 6.28. The minimum atomic E-state index is -4.52. The van der Waals surface area contributed by atoms with Crippen molar-refractivity contribution in [2.75, 3.05) is 6.54 Å². The van der Waals surface area contributed by atoms with Crippen molar-refractivity contribution >= 4 is 25.7 Å². The van der Waals surface area contributed by atoms with Crippen molar-refractivity contribution in [1.82, 2.24) is 5.48 Å². The van der Waals surface area contributed by atoms with Crippen LogP contribution in [0.15, 0.2) is 30.3 Å². The van der Waals surface area contributed by atoms with Crippen LogP contribution in [0.4, 0.5) is 0 Å². The highest BCUT2D eigenvalue weighted by molar-refractivity contribution is 7.49. The van der Waals surface area contributed by atoms with Crippen LogP contribution >= 0.6 is 19.7 Å². The summed E-state index contributed by atoms with van der Waals surface area (Å²) in [6, 6.07) is 9.21. The predicted octanol–water partition coefficient (Wildman–Crippen LogP) is 1.52. The second kappa shape index (κ2) is 7.48. The fourth-order valence-corrected chi connectivity index (χ4v) is 1.43. The van der Waals surface area contributed by atoms with Crippen molar-refractivity contribution in [3.8, 4) is 0 Å². The molecule has 2 N–H and O–H groups in total. The third-order valence-electron chi connectivity index (χ3n) is 1.70. The number of rotatable bonds is 7. The van der Waals surface area contributed by atoms with Crippen LogP contribution in [0, 0.1) is 0 Å². The molecule has 9 heteroatoms. The first-order valence-electron chi connectivity index (χ1n) is 4.77. The SMILES string of the molecule is O=C(CNOCc1ccccc1)OP(=O)(O)OCl. The molecule has 100 valence electrons. The Morgan fingerprint density at radius 1 is 1.39 bits per heavy atom. The molecular weight excluding hydrogens is 285 g/mol. The topological polar surface area (TPSA) is 94.1 Å². The second-order valence-corrected chi connectivity index (χ2v) is 4.77. The molecule has 1 atom stereocenters. The van der Waals surface area contributed by atoms with Gasteiger partial charge in [-0.05, 0) is 5.56 Å². The van der Waals surface area contributed by atoms with Gasteiger partial charge in [0.2, 0.25) is 0 Å². The number of carbonyl (C=O) groups excluding carboxylic acids is 1. The highest BCUT2D eigenvalue weighted by atomic mass is 35.5. The number of nitrogens with one attached hydrogen (secondary N) is 1. The number of hydrogen-bond acceptors (Lipinski definition) is 6. The molecule has 0 fully saturated rings. The van der Waals surface area contributed by atoms with Gasteiger partial charge in [-0.25, -0.2) is 4.57 Å². The van der Waals surface area contributed by atoms with Gasteiger partial charge in [0.25, 0.3) is 0 Å². The lowest BCUT2D eigenvalue weighted by molar-refractivity contribution is -0.137. The van der Waals surface area contributed by atoms with E-state index in [1.54, 1.807) is 0 Å². The van der Waals surface area contributed by atoms with Gasteiger partial charge in [0.15, 0.2) is 0 Å². The van der Waals surface area contributed by atoms with Crippen LogP contribution in [0.3, 0.4) is 0 Å². The molecule has 0 aliphatic carbocycles. The van der Waals surface area contributed by atoms with Crippen LogP contribution in [0.25, 0.3) is 0 Å². The van der Waals surface area contributed by atoms with Crippen LogP contribution in [-0.4, -0.2) is 17.4 Å². The Hall–Kier alpha value is -0.950. The van der Waals surface area contributed by atoms with Crippen molar-refractivity contribution in [1.29, 1.82) is 0 Å². The van der Waals surface area contributed by atoms with E-state index < -0.39 is 20.3 Å². The van der Waals surface area contributed by atoms with Crippen molar-refractivity contribution in [2.24, 2.45) is 0 Å². The maximum atomic E-state index is 11.0. The van der Waals surface area contributed by atoms with E-state index in [-0.39, 0.29) is 6.61 Å². The summed E-state index contributed by atoms with van der Waals surface area (Å²) in [7, 11) is -4.52. The standard InChI is InChI=1S/C9H11ClNO6P/c10-17-18(13,14)16-9(12)6-11-15-7-8-4-2-1-3-5-8/h1-5,11H,6-7H2,(H,13,14). The number of phosphoric acid groups is 1. The molecule has 0 bridgehead atoms. The molecule has 0 spiro atoms. The molecule has 0 aromatic heterocycles. The van der Waals surface area contributed by atoms with Gasteiger partial charge in [0.1, 0.15) is 6.54 Å². The Bertz CT molecular complexity index is 428. The zero-order valence-corrected chi connectivity index (χ0v) is 10.8. The number of phosphoric ester groups is 1. The normalized spacial score (nSPS) is 13.9. The molecule has 0 saturated carbocycles. The summed E-state index contributed by atoms with van der Waals surface area (Å²) in [4.78, 5) is 24.7. The third-order valence-corrected chi connectivity index (χ3v) is 2.84. The smallest absolute Gasteiger partial charge is 0.369 e. The van der Waals surface area contributed by atoms with E-state index in [2.05, 4.69) is 25.9 Å². The molecule has 1 aromatic carbocycles. The van der Waals surface area contributed by atoms with Crippen molar-refractivity contribution in [2.45, 2.75) is 6.61 Å². The van der Waals surface area contributed by atoms with Gasteiger partial charge in [-0.2, -0.15) is 9.56 Å². The number of halogens is 1. The molecule has 0 aliphatic heterocycles. The van der Waals surface area contributed by atoms with Crippen LogP contribution in [0.1, 0.15) is 5.56 Å². The zero-order valence-electron chi connectivity index (χ0n) is 9.11. The molecule has 1 unspecified atom stereocenters. The molecular formula is C9H11ClNO6P. The van der Waals surface area contributed by atoms with Gasteiger partial charge in [0, 0.05) is 0 Å². The van der Waals surface area contributed by atoms with Crippen molar-refractivity contribution in [3.05, 3.63) is 35.9 Å². The lowest BCUT2D eigenvalue weighted by atomic mass is 10.2. The van der Waals surface area contributed by atoms with E-state index in [4.69, 9.17) is 9.73 Å². The van der Waals surface area contributed by atoms with Gasteiger partial charge in [0.05, 0.1) is 18.5 Å². The molecule has 18 heavy (non-hydrogen) atoms. The Morgan fingerprint density at radius 3 is 2.67 bits per heavy atom. The number of hydroxylamine groups is 1. The molecule has 0 aliphatic rings. The van der Waals surface area contributed by atoms with Crippen LogP contribution in [0.5, 0.6) is 0 Å². The summed E-state index contributed by atoms with van der Waals surface area (Å²) in [6.45, 7) is -0.186. The van der Waals surface area contributed by atoms with Crippen LogP contribution in [-0.2, 0) is 29.4 Å². The van der Waals surface area contributed by atoms with E-state index in [1.165, 1.54) is 0 Å². The van der Waals surface area contributed by atoms with Gasteiger partial charge >= 0.3 is 13.8 Å². The van der Waals surface area contributed by atoms with Crippen molar-refractivity contribution in [3.63, 3.8) is 0 Å². The third kappa shape index (κ3) is 6.11. The molecule has 1 aromatic rings. The first-order chi connectivity index (χ1) is 8.53. The predicted molar refractivity (Wildman–Crippen MR) is 62.1 cm³/mol. The summed E-state index contributed by atoms with van der Waals surface area (Å²) in [6.07, 6.45) is 0. The monoisotopic (exact) mass is 295 g/mol. The fraction of sp³-hybridized carbons (Fsp3) is 0.222. The van der Waals surface area contributed by atoms with E-state index in [0.29, 0.717) is 0 Å². The minimum Gasteiger partial charge on any atom is -0.369 e. The molecule has 1 rings (SSSR count). The van der Waals surface area contributed by atoms with E-state index >= 15 is 0 Å². The molecule has 0 heterocycles. The largest absolute Gasteiger partial charge is 0.546 e. The average Bonchev–Trinajstić information content (AvgIpc) is 2.35. The first kappa shape index (κ1) is 15.1. The van der Waals surface area contributed by atoms with E-state index in [1.807, 2.05) is 30.3 Å². The molecule has 0 saturated heterocycles. The molecule has 7 nitrogen and oxygen atoms in total. The quantitative estimate of drug-likeness (QED) is 0.447. The lowest BCUT2D eigenvalue weighted by Gasteiger charge is -2.08. The van der Waals surface area contributed by atoms with Gasteiger partial charge in [-0.3, -0.25) is 14.5 Å². The summed E-state index contributed by atoms with van der Waals surface area (Å²) < 4.78 is 18.3. The first-order valence-corrected chi connectivity index (χ1v) is 6.58. The summed E-state index contributed by atoms with van der Waals surface area (Å²) >= 11 is 4.64. The Labute approximate surface area is 108 Å². The Balaban J connectivity index is 2.19. The van der Waals surface area contributed by atoms with Crippen LogP contribution < -0.4 is 5.48 Å². The lowest BCUT2D eigenvalue weighted by Crippen LogP contribution is -2.24. The molecule has 0 amide bonds. The Morgan fingerprint density at radius 2 is 2.06 bits per heavy atom. The van der Waals surface area contributed by atoms with Crippen LogP contribution in [0.2, 0.25) is 0 Å². The number of carbonyl (C=O) groups is 1. The van der Waals surface area contributed by atoms with Gasteiger partial charge < -0.3 is 4.52 Å². The minimum absolute atomic E-state index is 0.233. The highest BCUT2D eigenvalue weighted by Gasteiger charge is 2.25. The maximum Gasteiger partial charge on any atom is 0.546 e. The average molecular weight is 296 g/mol. The summed E-state index contributed by atoms with van der Waals surface area (Å²) in [5.41, 5.74) is 3.17. The van der Waals surface area contributed by atoms with E-state index in [0.717, 1.165) is 5.56 Å².